The Bertz CT molecular complexity index is 722. The van der Waals surface area contributed by atoms with Crippen molar-refractivity contribution >= 4 is 34.2 Å². The Morgan fingerprint density at radius 3 is 2.52 bits per heavy atom. The minimum atomic E-state index is -0.0145. The highest BCUT2D eigenvalue weighted by molar-refractivity contribution is 9.10. The van der Waals surface area contributed by atoms with E-state index < -0.39 is 0 Å². The number of ether oxygens (including phenoxy) is 1. The fourth-order valence-corrected chi connectivity index (χ4v) is 3.70. The van der Waals surface area contributed by atoms with Gasteiger partial charge in [0, 0.05) is 30.7 Å². The Labute approximate surface area is 161 Å². The molecule has 2 aliphatic heterocycles. The average molecular weight is 428 g/mol. The van der Waals surface area contributed by atoms with Crippen LogP contribution in [0, 0.1) is 11.8 Å². The lowest BCUT2D eigenvalue weighted by Gasteiger charge is -2.15. The minimum absolute atomic E-state index is 0. The van der Waals surface area contributed by atoms with Gasteiger partial charge >= 0.3 is 0 Å². The number of hydrogen-bond acceptors (Lipinski definition) is 4. The van der Waals surface area contributed by atoms with Crippen molar-refractivity contribution in [3.05, 3.63) is 52.4 Å². The minimum Gasteiger partial charge on any atom is -0.486 e. The van der Waals surface area contributed by atoms with Crippen LogP contribution in [0.2, 0.25) is 0 Å². The number of rotatable bonds is 4. The second-order valence-electron chi connectivity index (χ2n) is 6.40. The number of carbonyl (C=O) groups is 1. The molecular weight excluding hydrogens is 408 g/mol. The predicted molar refractivity (Wildman–Crippen MR) is 100 cm³/mol. The molecule has 0 radical (unpaired) electrons. The maximum absolute atomic E-state index is 12.6. The lowest BCUT2D eigenvalue weighted by atomic mass is 10.0. The average Bonchev–Trinajstić information content (AvgIpc) is 3.29. The molecule has 2 saturated heterocycles. The molecule has 0 saturated carbocycles. The third-order valence-electron chi connectivity index (χ3n) is 4.74. The number of hydrogen-bond donors (Lipinski definition) is 1. The van der Waals surface area contributed by atoms with E-state index in [-0.39, 0.29) is 18.3 Å². The van der Waals surface area contributed by atoms with E-state index in [9.17, 15) is 4.79 Å². The zero-order valence-corrected chi connectivity index (χ0v) is 16.0. The molecular formula is C18H20BrClN2O3. The third-order valence-corrected chi connectivity index (χ3v) is 5.27. The zero-order valence-electron chi connectivity index (χ0n) is 13.6. The van der Waals surface area contributed by atoms with Crippen LogP contribution in [0.1, 0.15) is 16.3 Å². The molecule has 5 nitrogen and oxygen atoms in total. The Morgan fingerprint density at radius 2 is 1.84 bits per heavy atom. The van der Waals surface area contributed by atoms with Crippen LogP contribution in [0.15, 0.2) is 45.3 Å². The number of carbonyl (C=O) groups excluding carboxylic acids is 1. The summed E-state index contributed by atoms with van der Waals surface area (Å²) in [5.74, 6) is 2.98. The van der Waals surface area contributed by atoms with Crippen molar-refractivity contribution < 1.29 is 13.9 Å². The number of benzene rings is 1. The lowest BCUT2D eigenvalue weighted by Crippen LogP contribution is -2.31. The first-order valence-corrected chi connectivity index (χ1v) is 8.95. The largest absolute Gasteiger partial charge is 0.486 e. The molecule has 3 heterocycles. The number of likely N-dealkylation sites (tertiary alicyclic amines) is 1. The molecule has 134 valence electrons. The normalized spacial score (nSPS) is 21.7. The smallest absolute Gasteiger partial charge is 0.289 e. The summed E-state index contributed by atoms with van der Waals surface area (Å²) >= 11 is 3.39. The number of nitrogens with one attached hydrogen (secondary N) is 1. The monoisotopic (exact) mass is 426 g/mol. The number of nitrogens with zero attached hydrogens (tertiary/aromatic N) is 1. The molecule has 0 aliphatic carbocycles. The van der Waals surface area contributed by atoms with E-state index in [2.05, 4.69) is 21.2 Å². The molecule has 0 bridgehead atoms. The van der Waals surface area contributed by atoms with E-state index in [1.165, 1.54) is 0 Å². The first-order valence-electron chi connectivity index (χ1n) is 8.16. The first-order chi connectivity index (χ1) is 11.7. The van der Waals surface area contributed by atoms with Crippen LogP contribution in [0.25, 0.3) is 0 Å². The maximum atomic E-state index is 12.6. The summed E-state index contributed by atoms with van der Waals surface area (Å²) < 4.78 is 12.4. The number of furan rings is 1. The number of fused-ring (bicyclic) bond motifs is 1. The van der Waals surface area contributed by atoms with E-state index in [1.54, 1.807) is 6.07 Å². The van der Waals surface area contributed by atoms with Gasteiger partial charge in [-0.05, 0) is 48.2 Å². The first kappa shape index (κ1) is 18.3. The summed E-state index contributed by atoms with van der Waals surface area (Å²) in [7, 11) is 0. The van der Waals surface area contributed by atoms with Gasteiger partial charge < -0.3 is 19.4 Å². The van der Waals surface area contributed by atoms with Gasteiger partial charge in [-0.25, -0.2) is 0 Å². The predicted octanol–water partition coefficient (Wildman–Crippen LogP) is 3.33. The molecule has 4 rings (SSSR count). The summed E-state index contributed by atoms with van der Waals surface area (Å²) in [5.41, 5.74) is 0. The molecule has 2 aromatic rings. The van der Waals surface area contributed by atoms with Crippen molar-refractivity contribution in [2.24, 2.45) is 11.8 Å². The lowest BCUT2D eigenvalue weighted by molar-refractivity contribution is 0.0746. The highest BCUT2D eigenvalue weighted by Crippen LogP contribution is 2.28. The van der Waals surface area contributed by atoms with Crippen LogP contribution < -0.4 is 10.1 Å². The Hall–Kier alpha value is -1.50. The van der Waals surface area contributed by atoms with Crippen molar-refractivity contribution in [3.8, 4) is 5.75 Å². The van der Waals surface area contributed by atoms with Crippen molar-refractivity contribution in [3.63, 3.8) is 0 Å². The Balaban J connectivity index is 0.00000182. The molecule has 0 unspecified atom stereocenters. The highest BCUT2D eigenvalue weighted by Gasteiger charge is 2.38. The molecule has 0 spiro atoms. The summed E-state index contributed by atoms with van der Waals surface area (Å²) in [6.07, 6.45) is 0. The van der Waals surface area contributed by atoms with Gasteiger partial charge in [0.2, 0.25) is 0 Å². The number of amides is 1. The van der Waals surface area contributed by atoms with Crippen molar-refractivity contribution in [1.82, 2.24) is 10.2 Å². The van der Waals surface area contributed by atoms with E-state index in [0.717, 1.165) is 36.4 Å². The van der Waals surface area contributed by atoms with E-state index >= 15 is 0 Å². The van der Waals surface area contributed by atoms with Crippen LogP contribution in [0.3, 0.4) is 0 Å². The van der Waals surface area contributed by atoms with Gasteiger partial charge in [0.25, 0.3) is 5.91 Å². The van der Waals surface area contributed by atoms with Crippen molar-refractivity contribution in [2.45, 2.75) is 6.61 Å². The van der Waals surface area contributed by atoms with Crippen LogP contribution in [-0.2, 0) is 6.61 Å². The fourth-order valence-electron chi connectivity index (χ4n) is 3.43. The summed E-state index contributed by atoms with van der Waals surface area (Å²) in [6, 6.07) is 11.2. The van der Waals surface area contributed by atoms with Gasteiger partial charge in [0.05, 0.1) is 0 Å². The second-order valence-corrected chi connectivity index (χ2v) is 7.31. The molecule has 7 heteroatoms. The van der Waals surface area contributed by atoms with Gasteiger partial charge in [-0.15, -0.1) is 12.4 Å². The van der Waals surface area contributed by atoms with Gasteiger partial charge in [-0.2, -0.15) is 0 Å². The fraction of sp³-hybridized carbons (Fsp3) is 0.389. The highest BCUT2D eigenvalue weighted by atomic mass is 79.9. The Morgan fingerprint density at radius 1 is 1.16 bits per heavy atom. The van der Waals surface area contributed by atoms with E-state index in [4.69, 9.17) is 9.15 Å². The summed E-state index contributed by atoms with van der Waals surface area (Å²) in [4.78, 5) is 14.5. The summed E-state index contributed by atoms with van der Waals surface area (Å²) in [6.45, 7) is 3.98. The Kier molecular flexibility index (Phi) is 5.71. The topological polar surface area (TPSA) is 54.7 Å². The standard InChI is InChI=1S/C18H19BrN2O3.ClH/c19-14-1-3-15(4-2-14)23-11-16-5-6-17(24-16)18(22)21-9-12-7-20-8-13(12)10-21;/h1-6,12-13,20H,7-11H2;1H/t12-,13+;. The molecule has 1 aromatic carbocycles. The zero-order chi connectivity index (χ0) is 16.5. The second kappa shape index (κ2) is 7.81. The summed E-state index contributed by atoms with van der Waals surface area (Å²) in [5, 5.41) is 3.38. The van der Waals surface area contributed by atoms with Gasteiger partial charge in [0.15, 0.2) is 5.76 Å². The van der Waals surface area contributed by atoms with Crippen LogP contribution >= 0.6 is 28.3 Å². The van der Waals surface area contributed by atoms with Crippen molar-refractivity contribution in [1.29, 1.82) is 0 Å². The molecule has 2 fully saturated rings. The van der Waals surface area contributed by atoms with Crippen LogP contribution in [-0.4, -0.2) is 37.0 Å². The SMILES string of the molecule is Cl.O=C(c1ccc(COc2ccc(Br)cc2)o1)N1C[C@H]2CNC[C@H]2C1. The van der Waals surface area contributed by atoms with E-state index in [1.807, 2.05) is 35.2 Å². The molecule has 1 aromatic heterocycles. The van der Waals surface area contributed by atoms with Crippen molar-refractivity contribution in [2.75, 3.05) is 26.2 Å². The van der Waals surface area contributed by atoms with Gasteiger partial charge in [-0.3, -0.25) is 4.79 Å². The molecule has 2 atom stereocenters. The van der Waals surface area contributed by atoms with Crippen LogP contribution in [0.4, 0.5) is 0 Å². The van der Waals surface area contributed by atoms with Gasteiger partial charge in [-0.1, -0.05) is 15.9 Å². The molecule has 25 heavy (non-hydrogen) atoms. The molecule has 1 amide bonds. The maximum Gasteiger partial charge on any atom is 0.289 e. The number of halogens is 2. The molecule has 2 aliphatic rings. The third kappa shape index (κ3) is 4.02. The molecule has 1 N–H and O–H groups in total. The quantitative estimate of drug-likeness (QED) is 0.813. The van der Waals surface area contributed by atoms with Crippen LogP contribution in [0.5, 0.6) is 5.75 Å². The van der Waals surface area contributed by atoms with E-state index in [0.29, 0.717) is 30.0 Å². The van der Waals surface area contributed by atoms with Gasteiger partial charge in [0.1, 0.15) is 18.1 Å².